The Morgan fingerprint density at radius 1 is 1.04 bits per heavy atom. The number of benzene rings is 2. The molecule has 2 aromatic rings. The second-order valence-electron chi connectivity index (χ2n) is 5.83. The predicted molar refractivity (Wildman–Crippen MR) is 101 cm³/mol. The van der Waals surface area contributed by atoms with E-state index in [-0.39, 0.29) is 5.69 Å². The molecular weight excluding hydrogens is 352 g/mol. The van der Waals surface area contributed by atoms with Gasteiger partial charge in [0.1, 0.15) is 12.4 Å². The molecule has 146 valence electrons. The third kappa shape index (κ3) is 5.24. The Hall–Kier alpha value is -3.00. The molecule has 0 bridgehead atoms. The number of nitrogens with zero attached hydrogens (tertiary/aromatic N) is 2. The van der Waals surface area contributed by atoms with Crippen LogP contribution in [0.15, 0.2) is 36.4 Å². The van der Waals surface area contributed by atoms with E-state index in [1.165, 1.54) is 12.1 Å². The molecule has 0 heterocycles. The van der Waals surface area contributed by atoms with Crippen molar-refractivity contribution in [3.05, 3.63) is 52.1 Å². The van der Waals surface area contributed by atoms with Crippen LogP contribution in [0.5, 0.6) is 23.0 Å². The average molecular weight is 376 g/mol. The summed E-state index contributed by atoms with van der Waals surface area (Å²) in [5, 5.41) is 10.8. The van der Waals surface area contributed by atoms with Crippen LogP contribution in [0, 0.1) is 10.1 Å². The number of nitro groups is 1. The summed E-state index contributed by atoms with van der Waals surface area (Å²) in [7, 11) is 6.69. The molecular formula is C19H24N2O6. The molecule has 0 amide bonds. The van der Waals surface area contributed by atoms with E-state index in [9.17, 15) is 10.1 Å². The minimum Gasteiger partial charge on any atom is -0.493 e. The zero-order valence-electron chi connectivity index (χ0n) is 15.9. The number of non-ortho nitro benzene ring substituents is 1. The lowest BCUT2D eigenvalue weighted by Crippen LogP contribution is -2.24. The van der Waals surface area contributed by atoms with Gasteiger partial charge in [-0.15, -0.1) is 0 Å². The molecule has 0 aliphatic heterocycles. The van der Waals surface area contributed by atoms with Crippen LogP contribution in [0.2, 0.25) is 0 Å². The van der Waals surface area contributed by atoms with Gasteiger partial charge in [0.15, 0.2) is 11.5 Å². The van der Waals surface area contributed by atoms with Crippen molar-refractivity contribution in [3.63, 3.8) is 0 Å². The van der Waals surface area contributed by atoms with Gasteiger partial charge < -0.3 is 18.9 Å². The van der Waals surface area contributed by atoms with Crippen molar-refractivity contribution in [2.45, 2.75) is 6.54 Å². The van der Waals surface area contributed by atoms with E-state index in [0.29, 0.717) is 42.7 Å². The molecule has 0 aliphatic rings. The third-order valence-corrected chi connectivity index (χ3v) is 4.00. The second-order valence-corrected chi connectivity index (χ2v) is 5.83. The summed E-state index contributed by atoms with van der Waals surface area (Å²) >= 11 is 0. The van der Waals surface area contributed by atoms with Crippen LogP contribution in [-0.4, -0.2) is 51.4 Å². The third-order valence-electron chi connectivity index (χ3n) is 4.00. The summed E-state index contributed by atoms with van der Waals surface area (Å²) in [5.41, 5.74) is 0.962. The highest BCUT2D eigenvalue weighted by Crippen LogP contribution is 2.40. The van der Waals surface area contributed by atoms with E-state index in [0.717, 1.165) is 5.56 Å². The first kappa shape index (κ1) is 20.3. The topological polar surface area (TPSA) is 83.3 Å². The molecule has 0 aliphatic carbocycles. The molecule has 0 spiro atoms. The first-order chi connectivity index (χ1) is 13.0. The first-order valence-corrected chi connectivity index (χ1v) is 8.33. The fraction of sp³-hybridized carbons (Fsp3) is 0.368. The summed E-state index contributed by atoms with van der Waals surface area (Å²) in [6, 6.07) is 9.91. The van der Waals surface area contributed by atoms with Crippen LogP contribution in [0.25, 0.3) is 0 Å². The Morgan fingerprint density at radius 3 is 2.41 bits per heavy atom. The minimum atomic E-state index is -0.442. The Labute approximate surface area is 158 Å². The maximum atomic E-state index is 10.8. The van der Waals surface area contributed by atoms with Gasteiger partial charge in [0, 0.05) is 24.7 Å². The first-order valence-electron chi connectivity index (χ1n) is 8.33. The van der Waals surface area contributed by atoms with E-state index in [1.54, 1.807) is 33.5 Å². The zero-order chi connectivity index (χ0) is 19.8. The van der Waals surface area contributed by atoms with Gasteiger partial charge in [-0.25, -0.2) is 0 Å². The molecule has 8 nitrogen and oxygen atoms in total. The maximum absolute atomic E-state index is 10.8. The maximum Gasteiger partial charge on any atom is 0.273 e. The van der Waals surface area contributed by atoms with Gasteiger partial charge in [-0.3, -0.25) is 15.0 Å². The highest BCUT2D eigenvalue weighted by atomic mass is 16.6. The molecule has 0 atom stereocenters. The van der Waals surface area contributed by atoms with Crippen molar-refractivity contribution >= 4 is 5.69 Å². The van der Waals surface area contributed by atoms with Gasteiger partial charge in [0.2, 0.25) is 5.75 Å². The van der Waals surface area contributed by atoms with Crippen LogP contribution in [-0.2, 0) is 6.54 Å². The van der Waals surface area contributed by atoms with Crippen molar-refractivity contribution in [2.75, 3.05) is 41.5 Å². The quantitative estimate of drug-likeness (QED) is 0.465. The van der Waals surface area contributed by atoms with Crippen LogP contribution >= 0.6 is 0 Å². The Kier molecular flexibility index (Phi) is 7.25. The highest BCUT2D eigenvalue weighted by Gasteiger charge is 2.16. The lowest BCUT2D eigenvalue weighted by Gasteiger charge is -2.20. The number of ether oxygens (including phenoxy) is 4. The number of rotatable bonds is 10. The highest BCUT2D eigenvalue weighted by molar-refractivity contribution is 5.55. The van der Waals surface area contributed by atoms with Crippen LogP contribution in [0.4, 0.5) is 5.69 Å². The normalized spacial score (nSPS) is 10.6. The lowest BCUT2D eigenvalue weighted by atomic mass is 10.1. The molecule has 0 saturated heterocycles. The largest absolute Gasteiger partial charge is 0.493 e. The van der Waals surface area contributed by atoms with Gasteiger partial charge in [0.25, 0.3) is 5.69 Å². The monoisotopic (exact) mass is 376 g/mol. The molecule has 2 rings (SSSR count). The summed E-state index contributed by atoms with van der Waals surface area (Å²) in [6.45, 7) is 1.63. The summed E-state index contributed by atoms with van der Waals surface area (Å²) < 4.78 is 21.8. The molecule has 27 heavy (non-hydrogen) atoms. The molecule has 0 aromatic heterocycles. The van der Waals surface area contributed by atoms with Crippen molar-refractivity contribution < 1.29 is 23.9 Å². The van der Waals surface area contributed by atoms with Gasteiger partial charge in [-0.2, -0.15) is 0 Å². The van der Waals surface area contributed by atoms with Gasteiger partial charge in [-0.1, -0.05) is 12.1 Å². The van der Waals surface area contributed by atoms with Crippen molar-refractivity contribution in [3.8, 4) is 23.0 Å². The number of hydrogen-bond donors (Lipinski definition) is 0. The van der Waals surface area contributed by atoms with Gasteiger partial charge in [0.05, 0.1) is 32.3 Å². The van der Waals surface area contributed by atoms with E-state index >= 15 is 0 Å². The van der Waals surface area contributed by atoms with Crippen molar-refractivity contribution in [2.24, 2.45) is 0 Å². The number of methoxy groups -OCH3 is 3. The summed E-state index contributed by atoms with van der Waals surface area (Å²) in [4.78, 5) is 12.4. The molecule has 2 aromatic carbocycles. The van der Waals surface area contributed by atoms with Gasteiger partial charge in [-0.05, 0) is 19.2 Å². The van der Waals surface area contributed by atoms with Gasteiger partial charge >= 0.3 is 0 Å². The lowest BCUT2D eigenvalue weighted by molar-refractivity contribution is -0.384. The van der Waals surface area contributed by atoms with Crippen LogP contribution in [0.3, 0.4) is 0 Å². The fourth-order valence-electron chi connectivity index (χ4n) is 2.66. The van der Waals surface area contributed by atoms with E-state index < -0.39 is 4.92 Å². The average Bonchev–Trinajstić information content (AvgIpc) is 2.67. The van der Waals surface area contributed by atoms with E-state index in [4.69, 9.17) is 18.9 Å². The fourth-order valence-corrected chi connectivity index (χ4v) is 2.66. The molecule has 0 fully saturated rings. The summed E-state index contributed by atoms with van der Waals surface area (Å²) in [6.07, 6.45) is 0. The number of likely N-dealkylation sites (N-methyl/N-ethyl adjacent to an activating group) is 1. The van der Waals surface area contributed by atoms with Crippen LogP contribution in [0.1, 0.15) is 5.56 Å². The molecule has 8 heteroatoms. The Balaban J connectivity index is 1.97. The summed E-state index contributed by atoms with van der Waals surface area (Å²) in [5.74, 6) is 2.26. The van der Waals surface area contributed by atoms with Crippen molar-refractivity contribution in [1.82, 2.24) is 4.90 Å². The predicted octanol–water partition coefficient (Wildman–Crippen LogP) is 3.13. The number of nitro benzene ring substituents is 1. The zero-order valence-corrected chi connectivity index (χ0v) is 15.9. The molecule has 0 N–H and O–H groups in total. The smallest absolute Gasteiger partial charge is 0.273 e. The minimum absolute atomic E-state index is 0.0101. The second kappa shape index (κ2) is 9.63. The molecule has 0 unspecified atom stereocenters. The molecule has 0 saturated carbocycles. The molecule has 0 radical (unpaired) electrons. The van der Waals surface area contributed by atoms with Crippen molar-refractivity contribution in [1.29, 1.82) is 0 Å². The van der Waals surface area contributed by atoms with E-state index in [2.05, 4.69) is 4.90 Å². The standard InChI is InChI=1S/C19H24N2O6/c1-20(10-11-27-16-7-5-6-15(12-16)21(22)23)13-14-8-9-17(24-2)19(26-4)18(14)25-3/h5-9,12H,10-11,13H2,1-4H3. The number of hydrogen-bond acceptors (Lipinski definition) is 7. The van der Waals surface area contributed by atoms with Crippen LogP contribution < -0.4 is 18.9 Å². The Morgan fingerprint density at radius 2 is 1.78 bits per heavy atom. The SMILES string of the molecule is COc1ccc(CN(C)CCOc2cccc([N+](=O)[O-])c2)c(OC)c1OC. The Bertz CT molecular complexity index is 781. The van der Waals surface area contributed by atoms with E-state index in [1.807, 2.05) is 19.2 Å².